The molecule has 0 bridgehead atoms. The minimum absolute atomic E-state index is 0.104. The summed E-state index contributed by atoms with van der Waals surface area (Å²) in [5, 5.41) is 11.6. The minimum Gasteiger partial charge on any atom is -0.478 e. The number of aromatic nitrogens is 1. The fraction of sp³-hybridized carbons (Fsp3) is 0.389. The maximum Gasteiger partial charge on any atom is 0.335 e. The fourth-order valence-electron chi connectivity index (χ4n) is 2.07. The average molecular weight is 330 g/mol. The van der Waals surface area contributed by atoms with Gasteiger partial charge in [0.15, 0.2) is 0 Å². The molecule has 2 rings (SSSR count). The van der Waals surface area contributed by atoms with Crippen LogP contribution >= 0.6 is 0 Å². The smallest absolute Gasteiger partial charge is 0.335 e. The summed E-state index contributed by atoms with van der Waals surface area (Å²) in [7, 11) is 0. The third-order valence-corrected chi connectivity index (χ3v) is 3.57. The second-order valence-electron chi connectivity index (χ2n) is 6.65. The van der Waals surface area contributed by atoms with Gasteiger partial charge in [-0.25, -0.2) is 9.78 Å². The number of aryl methyl sites for hydroxylation is 1. The molecular weight excluding hydrogens is 308 g/mol. The summed E-state index contributed by atoms with van der Waals surface area (Å²) in [6, 6.07) is 6.52. The Balaban J connectivity index is 1.79. The van der Waals surface area contributed by atoms with E-state index in [-0.39, 0.29) is 23.4 Å². The predicted octanol–water partition coefficient (Wildman–Crippen LogP) is 2.92. The molecule has 24 heavy (non-hydrogen) atoms. The zero-order valence-corrected chi connectivity index (χ0v) is 14.1. The van der Waals surface area contributed by atoms with Crippen LogP contribution in [0, 0.1) is 0 Å². The molecule has 2 aromatic rings. The van der Waals surface area contributed by atoms with Gasteiger partial charge in [0.25, 0.3) is 0 Å². The van der Waals surface area contributed by atoms with Crippen LogP contribution in [0.4, 0.5) is 0 Å². The number of carboxylic acid groups (broad SMARTS) is 1. The van der Waals surface area contributed by atoms with Gasteiger partial charge in [-0.3, -0.25) is 4.79 Å². The molecule has 128 valence electrons. The van der Waals surface area contributed by atoms with E-state index in [0.29, 0.717) is 18.7 Å². The third-order valence-electron chi connectivity index (χ3n) is 3.57. The van der Waals surface area contributed by atoms with Crippen molar-refractivity contribution < 1.29 is 19.1 Å². The van der Waals surface area contributed by atoms with Gasteiger partial charge in [-0.15, -0.1) is 0 Å². The number of hydrogen-bond acceptors (Lipinski definition) is 4. The lowest BCUT2D eigenvalue weighted by atomic mass is 9.94. The molecule has 0 spiro atoms. The fourth-order valence-corrected chi connectivity index (χ4v) is 2.07. The Morgan fingerprint density at radius 3 is 2.42 bits per heavy atom. The molecule has 1 amide bonds. The van der Waals surface area contributed by atoms with Crippen LogP contribution in [0.15, 0.2) is 34.9 Å². The van der Waals surface area contributed by atoms with Crippen LogP contribution in [0.1, 0.15) is 54.8 Å². The van der Waals surface area contributed by atoms with E-state index in [4.69, 9.17) is 9.52 Å². The second-order valence-corrected chi connectivity index (χ2v) is 6.65. The summed E-state index contributed by atoms with van der Waals surface area (Å²) in [4.78, 5) is 26.8. The number of rotatable bonds is 6. The van der Waals surface area contributed by atoms with Crippen LogP contribution in [0.5, 0.6) is 0 Å². The molecule has 1 aromatic carbocycles. The van der Waals surface area contributed by atoms with Gasteiger partial charge >= 0.3 is 5.97 Å². The molecule has 0 unspecified atom stereocenters. The summed E-state index contributed by atoms with van der Waals surface area (Å²) >= 11 is 0. The first-order valence-corrected chi connectivity index (χ1v) is 7.80. The molecule has 6 nitrogen and oxygen atoms in total. The maximum atomic E-state index is 11.9. The first kappa shape index (κ1) is 17.7. The second kappa shape index (κ2) is 7.29. The number of hydrogen-bond donors (Lipinski definition) is 2. The van der Waals surface area contributed by atoms with Crippen molar-refractivity contribution in [3.63, 3.8) is 0 Å². The van der Waals surface area contributed by atoms with E-state index < -0.39 is 5.97 Å². The minimum atomic E-state index is -0.958. The molecule has 0 aliphatic carbocycles. The van der Waals surface area contributed by atoms with Crippen LogP contribution in [-0.4, -0.2) is 22.0 Å². The zero-order chi connectivity index (χ0) is 17.7. The number of oxazole rings is 1. The lowest BCUT2D eigenvalue weighted by Crippen LogP contribution is -2.23. The Bertz CT molecular complexity index is 711. The van der Waals surface area contributed by atoms with E-state index in [9.17, 15) is 9.59 Å². The largest absolute Gasteiger partial charge is 0.478 e. The molecule has 0 saturated carbocycles. The number of carbonyl (C=O) groups is 2. The number of aromatic carboxylic acids is 1. The Hall–Kier alpha value is -2.63. The van der Waals surface area contributed by atoms with Crippen molar-refractivity contribution in [3.05, 3.63) is 53.2 Å². The normalized spacial score (nSPS) is 11.3. The Labute approximate surface area is 140 Å². The highest BCUT2D eigenvalue weighted by Gasteiger charge is 2.19. The first-order chi connectivity index (χ1) is 11.3. The molecule has 1 heterocycles. The van der Waals surface area contributed by atoms with E-state index in [2.05, 4.69) is 10.3 Å². The number of benzene rings is 1. The third kappa shape index (κ3) is 4.94. The Kier molecular flexibility index (Phi) is 5.39. The predicted molar refractivity (Wildman–Crippen MR) is 88.8 cm³/mol. The molecule has 0 atom stereocenters. The number of carboxylic acids is 1. The lowest BCUT2D eigenvalue weighted by molar-refractivity contribution is -0.121. The highest BCUT2D eigenvalue weighted by molar-refractivity contribution is 5.87. The maximum absolute atomic E-state index is 11.9. The summed E-state index contributed by atoms with van der Waals surface area (Å²) in [6.45, 7) is 6.36. The van der Waals surface area contributed by atoms with E-state index in [0.717, 1.165) is 11.3 Å². The van der Waals surface area contributed by atoms with Crippen molar-refractivity contribution in [2.45, 2.75) is 45.6 Å². The highest BCUT2D eigenvalue weighted by Crippen LogP contribution is 2.22. The van der Waals surface area contributed by atoms with Crippen molar-refractivity contribution in [2.24, 2.45) is 0 Å². The summed E-state index contributed by atoms with van der Waals surface area (Å²) in [5.41, 5.74) is 1.04. The van der Waals surface area contributed by atoms with Gasteiger partial charge in [0.05, 0.1) is 18.3 Å². The number of amides is 1. The van der Waals surface area contributed by atoms with E-state index in [1.807, 2.05) is 20.8 Å². The quantitative estimate of drug-likeness (QED) is 0.849. The van der Waals surface area contributed by atoms with Crippen LogP contribution in [-0.2, 0) is 23.2 Å². The zero-order valence-electron chi connectivity index (χ0n) is 14.1. The molecule has 0 aliphatic rings. The van der Waals surface area contributed by atoms with Crippen molar-refractivity contribution in [1.29, 1.82) is 0 Å². The monoisotopic (exact) mass is 330 g/mol. The molecular formula is C18H22N2O4. The van der Waals surface area contributed by atoms with Crippen molar-refractivity contribution in [1.82, 2.24) is 10.3 Å². The first-order valence-electron chi connectivity index (χ1n) is 7.80. The molecule has 0 aliphatic heterocycles. The van der Waals surface area contributed by atoms with Gasteiger partial charge in [0, 0.05) is 11.8 Å². The van der Waals surface area contributed by atoms with Crippen molar-refractivity contribution in [3.8, 4) is 0 Å². The lowest BCUT2D eigenvalue weighted by Gasteiger charge is -2.13. The van der Waals surface area contributed by atoms with Gasteiger partial charge in [-0.2, -0.15) is 0 Å². The molecule has 0 fully saturated rings. The SMILES string of the molecule is CC(C)(C)c1cnc(CNC(=O)CCc2ccc(C(=O)O)cc2)o1. The van der Waals surface area contributed by atoms with E-state index >= 15 is 0 Å². The summed E-state index contributed by atoms with van der Waals surface area (Å²) < 4.78 is 5.62. The highest BCUT2D eigenvalue weighted by atomic mass is 16.4. The van der Waals surface area contributed by atoms with Crippen LogP contribution in [0.3, 0.4) is 0 Å². The molecule has 0 radical (unpaired) electrons. The van der Waals surface area contributed by atoms with Crippen LogP contribution in [0.2, 0.25) is 0 Å². The van der Waals surface area contributed by atoms with E-state index in [1.165, 1.54) is 12.1 Å². The number of carbonyl (C=O) groups excluding carboxylic acids is 1. The van der Waals surface area contributed by atoms with Crippen LogP contribution < -0.4 is 5.32 Å². The number of nitrogens with one attached hydrogen (secondary N) is 1. The van der Waals surface area contributed by atoms with E-state index in [1.54, 1.807) is 18.3 Å². The average Bonchev–Trinajstić information content (AvgIpc) is 3.00. The van der Waals surface area contributed by atoms with Gasteiger partial charge in [-0.05, 0) is 24.1 Å². The van der Waals surface area contributed by atoms with Crippen molar-refractivity contribution in [2.75, 3.05) is 0 Å². The summed E-state index contributed by atoms with van der Waals surface area (Å²) in [5.74, 6) is 0.206. The Morgan fingerprint density at radius 2 is 1.88 bits per heavy atom. The topological polar surface area (TPSA) is 92.4 Å². The summed E-state index contributed by atoms with van der Waals surface area (Å²) in [6.07, 6.45) is 2.55. The van der Waals surface area contributed by atoms with Gasteiger partial charge in [0.2, 0.25) is 11.8 Å². The standard InChI is InChI=1S/C18H22N2O4/c1-18(2,3)14-10-20-16(24-14)11-19-15(21)9-6-12-4-7-13(8-5-12)17(22)23/h4-5,7-8,10H,6,9,11H2,1-3H3,(H,19,21)(H,22,23). The van der Waals surface area contributed by atoms with Gasteiger partial charge < -0.3 is 14.8 Å². The molecule has 1 aromatic heterocycles. The van der Waals surface area contributed by atoms with Crippen molar-refractivity contribution >= 4 is 11.9 Å². The van der Waals surface area contributed by atoms with Gasteiger partial charge in [-0.1, -0.05) is 32.9 Å². The molecule has 2 N–H and O–H groups in total. The van der Waals surface area contributed by atoms with Gasteiger partial charge in [0.1, 0.15) is 5.76 Å². The molecule has 0 saturated heterocycles. The molecule has 6 heteroatoms. The Morgan fingerprint density at radius 1 is 1.21 bits per heavy atom. The van der Waals surface area contributed by atoms with Crippen LogP contribution in [0.25, 0.3) is 0 Å². The number of nitrogens with zero attached hydrogens (tertiary/aromatic N) is 1.